The summed E-state index contributed by atoms with van der Waals surface area (Å²) in [7, 11) is 0. The third kappa shape index (κ3) is 5.30. The van der Waals surface area contributed by atoms with Gasteiger partial charge < -0.3 is 21.5 Å². The maximum Gasteiger partial charge on any atom is 0.254 e. The highest BCUT2D eigenvalue weighted by Gasteiger charge is 2.21. The fourth-order valence-electron chi connectivity index (χ4n) is 3.90. The maximum absolute atomic E-state index is 15.0. The first-order valence-corrected chi connectivity index (χ1v) is 11.1. The number of halogens is 2. The lowest BCUT2D eigenvalue weighted by Crippen LogP contribution is -2.33. The van der Waals surface area contributed by atoms with Gasteiger partial charge in [0.1, 0.15) is 17.3 Å². The molecule has 9 heteroatoms. The van der Waals surface area contributed by atoms with Gasteiger partial charge in [0.2, 0.25) is 0 Å². The number of anilines is 1. The normalized spacial score (nSPS) is 15.2. The second-order valence-electron chi connectivity index (χ2n) is 7.93. The monoisotopic (exact) mass is 469 g/mol. The average Bonchev–Trinajstić information content (AvgIpc) is 2.83. The number of ether oxygens (including phenoxy) is 1. The molecule has 1 unspecified atom stereocenters. The van der Waals surface area contributed by atoms with E-state index in [2.05, 4.69) is 15.3 Å². The number of nitrogens with one attached hydrogen (secondary N) is 1. The first-order valence-electron chi connectivity index (χ1n) is 10.7. The van der Waals surface area contributed by atoms with Crippen LogP contribution in [0.25, 0.3) is 11.3 Å². The highest BCUT2D eigenvalue weighted by atomic mass is 35.5. The Hall–Kier alpha value is -3.07. The minimum Gasteiger partial charge on any atom is -0.382 e. The van der Waals surface area contributed by atoms with Gasteiger partial charge in [0.25, 0.3) is 5.91 Å². The molecule has 5 N–H and O–H groups in total. The number of nitrogen functional groups attached to an aromatic ring is 1. The molecule has 1 saturated heterocycles. The number of carbonyl (C=O) groups excluding carboxylic acids is 1. The summed E-state index contributed by atoms with van der Waals surface area (Å²) in [5, 5.41) is 3.29. The summed E-state index contributed by atoms with van der Waals surface area (Å²) >= 11 is 6.03. The van der Waals surface area contributed by atoms with Crippen LogP contribution < -0.4 is 16.8 Å². The van der Waals surface area contributed by atoms with Crippen LogP contribution in [0.3, 0.4) is 0 Å². The molecule has 0 aliphatic carbocycles. The summed E-state index contributed by atoms with van der Waals surface area (Å²) in [4.78, 5) is 21.7. The lowest BCUT2D eigenvalue weighted by molar-refractivity contribution is 0.0844. The standard InChI is InChI=1S/C24H25ClFN5O2/c25-17-3-1-2-15(10-17)20(12-27)31-24(32)18-5-4-16(11-19(18)26)22-23(28)29-13-21(30-22)14-6-8-33-9-7-14/h1-5,10-11,13-14,20H,6-9,12,27H2,(H2,28,29)(H,31,32). The molecule has 1 aliphatic heterocycles. The van der Waals surface area contributed by atoms with Gasteiger partial charge in [0.05, 0.1) is 23.5 Å². The van der Waals surface area contributed by atoms with Crippen molar-refractivity contribution in [1.82, 2.24) is 15.3 Å². The molecular formula is C24H25ClFN5O2. The fourth-order valence-corrected chi connectivity index (χ4v) is 4.10. The third-order valence-electron chi connectivity index (χ3n) is 5.74. The van der Waals surface area contributed by atoms with Crippen LogP contribution >= 0.6 is 11.6 Å². The summed E-state index contributed by atoms with van der Waals surface area (Å²) in [6.45, 7) is 1.48. The zero-order valence-corrected chi connectivity index (χ0v) is 18.7. The molecule has 1 fully saturated rings. The van der Waals surface area contributed by atoms with Gasteiger partial charge in [-0.3, -0.25) is 4.79 Å². The van der Waals surface area contributed by atoms with Crippen LogP contribution in [0, 0.1) is 5.82 Å². The first kappa shape index (κ1) is 23.1. The van der Waals surface area contributed by atoms with E-state index in [0.717, 1.165) is 24.1 Å². The van der Waals surface area contributed by atoms with E-state index in [1.54, 1.807) is 36.5 Å². The van der Waals surface area contributed by atoms with Gasteiger partial charge in [-0.05, 0) is 42.7 Å². The second-order valence-corrected chi connectivity index (χ2v) is 8.36. The Morgan fingerprint density at radius 2 is 2.03 bits per heavy atom. The Morgan fingerprint density at radius 1 is 1.24 bits per heavy atom. The van der Waals surface area contributed by atoms with Crippen LogP contribution in [0.4, 0.5) is 10.2 Å². The van der Waals surface area contributed by atoms with Crippen LogP contribution in [-0.2, 0) is 4.74 Å². The Bertz CT molecular complexity index is 1150. The number of aromatic nitrogens is 2. The minimum absolute atomic E-state index is 0.105. The molecule has 3 aromatic rings. The number of hydrogen-bond acceptors (Lipinski definition) is 6. The van der Waals surface area contributed by atoms with Gasteiger partial charge in [-0.2, -0.15) is 0 Å². The van der Waals surface area contributed by atoms with Crippen LogP contribution in [0.2, 0.25) is 5.02 Å². The van der Waals surface area contributed by atoms with E-state index in [0.29, 0.717) is 29.5 Å². The molecule has 2 aromatic carbocycles. The van der Waals surface area contributed by atoms with E-state index < -0.39 is 17.8 Å². The number of amides is 1. The Kier molecular flexibility index (Phi) is 7.17. The molecule has 172 valence electrons. The number of benzene rings is 2. The SMILES string of the molecule is NCC(NC(=O)c1ccc(-c2nc(C3CCOCC3)cnc2N)cc1F)c1cccc(Cl)c1. The smallest absolute Gasteiger partial charge is 0.254 e. The Morgan fingerprint density at radius 3 is 2.73 bits per heavy atom. The quantitative estimate of drug-likeness (QED) is 0.505. The van der Waals surface area contributed by atoms with Crippen molar-refractivity contribution in [1.29, 1.82) is 0 Å². The van der Waals surface area contributed by atoms with E-state index in [1.165, 1.54) is 12.1 Å². The van der Waals surface area contributed by atoms with E-state index in [4.69, 9.17) is 27.8 Å². The molecule has 1 amide bonds. The highest BCUT2D eigenvalue weighted by Crippen LogP contribution is 2.30. The van der Waals surface area contributed by atoms with E-state index in [9.17, 15) is 9.18 Å². The molecular weight excluding hydrogens is 445 g/mol. The topological polar surface area (TPSA) is 116 Å². The zero-order chi connectivity index (χ0) is 23.4. The largest absolute Gasteiger partial charge is 0.382 e. The van der Waals surface area contributed by atoms with Crippen molar-refractivity contribution in [3.63, 3.8) is 0 Å². The lowest BCUT2D eigenvalue weighted by atomic mass is 9.96. The van der Waals surface area contributed by atoms with Crippen molar-refractivity contribution in [2.45, 2.75) is 24.8 Å². The molecule has 33 heavy (non-hydrogen) atoms. The summed E-state index contributed by atoms with van der Waals surface area (Å²) < 4.78 is 20.4. The van der Waals surface area contributed by atoms with Crippen molar-refractivity contribution >= 4 is 23.3 Å². The van der Waals surface area contributed by atoms with Crippen molar-refractivity contribution in [3.05, 3.63) is 76.3 Å². The number of carbonyl (C=O) groups is 1. The van der Waals surface area contributed by atoms with Crippen molar-refractivity contribution in [2.24, 2.45) is 5.73 Å². The predicted octanol–water partition coefficient (Wildman–Crippen LogP) is 3.84. The van der Waals surface area contributed by atoms with Crippen molar-refractivity contribution in [2.75, 3.05) is 25.5 Å². The summed E-state index contributed by atoms with van der Waals surface area (Å²) in [6.07, 6.45) is 3.36. The lowest BCUT2D eigenvalue weighted by Gasteiger charge is -2.22. The van der Waals surface area contributed by atoms with Crippen LogP contribution in [0.5, 0.6) is 0 Å². The average molecular weight is 470 g/mol. The van der Waals surface area contributed by atoms with Gasteiger partial charge in [0.15, 0.2) is 0 Å². The number of nitrogens with two attached hydrogens (primary N) is 2. The molecule has 0 radical (unpaired) electrons. The van der Waals surface area contributed by atoms with Crippen LogP contribution in [0.15, 0.2) is 48.7 Å². The summed E-state index contributed by atoms with van der Waals surface area (Å²) in [5.41, 5.74) is 14.1. The van der Waals surface area contributed by atoms with Gasteiger partial charge in [-0.1, -0.05) is 29.8 Å². The van der Waals surface area contributed by atoms with Crippen molar-refractivity contribution < 1.29 is 13.9 Å². The zero-order valence-electron chi connectivity index (χ0n) is 17.9. The van der Waals surface area contributed by atoms with Gasteiger partial charge in [0, 0.05) is 36.3 Å². The second kappa shape index (κ2) is 10.2. The molecule has 0 bridgehead atoms. The van der Waals surface area contributed by atoms with Gasteiger partial charge >= 0.3 is 0 Å². The molecule has 7 nitrogen and oxygen atoms in total. The molecule has 1 aromatic heterocycles. The number of nitrogens with zero attached hydrogens (tertiary/aromatic N) is 2. The van der Waals surface area contributed by atoms with Crippen LogP contribution in [-0.4, -0.2) is 35.6 Å². The molecule has 4 rings (SSSR count). The third-order valence-corrected chi connectivity index (χ3v) is 5.97. The fraction of sp³-hybridized carbons (Fsp3) is 0.292. The molecule has 1 atom stereocenters. The Labute approximate surface area is 196 Å². The predicted molar refractivity (Wildman–Crippen MR) is 125 cm³/mol. The first-order chi connectivity index (χ1) is 16.0. The number of hydrogen-bond donors (Lipinski definition) is 3. The minimum atomic E-state index is -0.690. The van der Waals surface area contributed by atoms with Gasteiger partial charge in [-0.15, -0.1) is 0 Å². The molecule has 1 aliphatic rings. The van der Waals surface area contributed by atoms with E-state index >= 15 is 0 Å². The maximum atomic E-state index is 15.0. The summed E-state index contributed by atoms with van der Waals surface area (Å²) in [6, 6.07) is 10.8. The summed E-state index contributed by atoms with van der Waals surface area (Å²) in [5.74, 6) is -0.847. The van der Waals surface area contributed by atoms with Crippen molar-refractivity contribution in [3.8, 4) is 11.3 Å². The number of rotatable bonds is 6. The molecule has 2 heterocycles. The molecule has 0 saturated carbocycles. The Balaban J connectivity index is 1.56. The molecule has 0 spiro atoms. The highest BCUT2D eigenvalue weighted by molar-refractivity contribution is 6.30. The van der Waals surface area contributed by atoms with Crippen LogP contribution in [0.1, 0.15) is 46.4 Å². The van der Waals surface area contributed by atoms with E-state index in [-0.39, 0.29) is 23.8 Å². The van der Waals surface area contributed by atoms with Gasteiger partial charge in [-0.25, -0.2) is 14.4 Å². The van der Waals surface area contributed by atoms with E-state index in [1.807, 2.05) is 0 Å².